The van der Waals surface area contributed by atoms with E-state index in [0.717, 1.165) is 6.07 Å². The van der Waals surface area contributed by atoms with E-state index in [1.165, 1.54) is 19.2 Å². The van der Waals surface area contributed by atoms with Crippen LogP contribution in [-0.4, -0.2) is 42.8 Å². The Balaban J connectivity index is 2.56. The predicted octanol–water partition coefficient (Wildman–Crippen LogP) is 2.87. The van der Waals surface area contributed by atoms with Gasteiger partial charge in [0.1, 0.15) is 11.3 Å². The summed E-state index contributed by atoms with van der Waals surface area (Å²) in [5.74, 6) is -0.646. The van der Waals surface area contributed by atoms with Crippen molar-refractivity contribution in [2.45, 2.75) is 26.4 Å². The number of carbonyl (C=O) groups is 2. The Hall–Kier alpha value is -3.10. The SMILES string of the molecule is COC(=O)c1ccc(NC/C=C/CNC(=O)OC(C)(C)C)c([N+](=O)[O-])c1. The molecule has 0 aliphatic rings. The molecule has 0 saturated heterocycles. The van der Waals surface area contributed by atoms with E-state index in [1.54, 1.807) is 32.9 Å². The molecule has 1 aromatic rings. The van der Waals surface area contributed by atoms with E-state index >= 15 is 0 Å². The molecule has 0 saturated carbocycles. The lowest BCUT2D eigenvalue weighted by Gasteiger charge is -2.19. The highest BCUT2D eigenvalue weighted by atomic mass is 16.6. The van der Waals surface area contributed by atoms with Gasteiger partial charge in [-0.15, -0.1) is 0 Å². The van der Waals surface area contributed by atoms with E-state index in [4.69, 9.17) is 4.74 Å². The number of anilines is 1. The molecular formula is C17H23N3O6. The van der Waals surface area contributed by atoms with Gasteiger partial charge in [0.15, 0.2) is 0 Å². The fraction of sp³-hybridized carbons (Fsp3) is 0.412. The van der Waals surface area contributed by atoms with E-state index in [0.29, 0.717) is 6.54 Å². The van der Waals surface area contributed by atoms with Gasteiger partial charge in [0.2, 0.25) is 0 Å². The monoisotopic (exact) mass is 365 g/mol. The van der Waals surface area contributed by atoms with Crippen LogP contribution in [0.3, 0.4) is 0 Å². The number of esters is 1. The molecule has 0 aromatic heterocycles. The average molecular weight is 365 g/mol. The highest BCUT2D eigenvalue weighted by Gasteiger charge is 2.17. The molecule has 1 rings (SSSR count). The standard InChI is InChI=1S/C17H23N3O6/c1-17(2,3)26-16(22)19-10-6-5-9-18-13-8-7-12(15(21)25-4)11-14(13)20(23)24/h5-8,11,18H,9-10H2,1-4H3,(H,19,22)/b6-5+. The number of methoxy groups -OCH3 is 1. The van der Waals surface area contributed by atoms with Crippen LogP contribution in [0.15, 0.2) is 30.4 Å². The lowest BCUT2D eigenvalue weighted by molar-refractivity contribution is -0.384. The minimum absolute atomic E-state index is 0.0989. The molecule has 26 heavy (non-hydrogen) atoms. The number of hydrogen-bond acceptors (Lipinski definition) is 7. The molecule has 1 amide bonds. The summed E-state index contributed by atoms with van der Waals surface area (Å²) in [6, 6.07) is 4.04. The molecule has 9 nitrogen and oxygen atoms in total. The Bertz CT molecular complexity index is 694. The van der Waals surface area contributed by atoms with Gasteiger partial charge in [0.25, 0.3) is 5.69 Å². The zero-order valence-corrected chi connectivity index (χ0v) is 15.2. The minimum atomic E-state index is -0.646. The third-order valence-corrected chi connectivity index (χ3v) is 2.96. The zero-order valence-electron chi connectivity index (χ0n) is 15.2. The lowest BCUT2D eigenvalue weighted by Crippen LogP contribution is -2.32. The van der Waals surface area contributed by atoms with Crippen molar-refractivity contribution in [2.75, 3.05) is 25.5 Å². The molecule has 0 aliphatic carbocycles. The molecule has 2 N–H and O–H groups in total. The van der Waals surface area contributed by atoms with Gasteiger partial charge in [0.05, 0.1) is 17.6 Å². The van der Waals surface area contributed by atoms with Crippen molar-refractivity contribution in [1.82, 2.24) is 5.32 Å². The Morgan fingerprint density at radius 2 is 1.88 bits per heavy atom. The summed E-state index contributed by atoms with van der Waals surface area (Å²) >= 11 is 0. The van der Waals surface area contributed by atoms with Gasteiger partial charge in [-0.2, -0.15) is 0 Å². The van der Waals surface area contributed by atoms with Crippen molar-refractivity contribution < 1.29 is 24.0 Å². The molecule has 0 spiro atoms. The maximum absolute atomic E-state index is 11.5. The summed E-state index contributed by atoms with van der Waals surface area (Å²) in [6.07, 6.45) is 2.87. The first-order valence-electron chi connectivity index (χ1n) is 7.86. The number of hydrogen-bond donors (Lipinski definition) is 2. The highest BCUT2D eigenvalue weighted by Crippen LogP contribution is 2.25. The largest absolute Gasteiger partial charge is 0.465 e. The number of nitrogens with zero attached hydrogens (tertiary/aromatic N) is 1. The van der Waals surface area contributed by atoms with Gasteiger partial charge in [0, 0.05) is 19.2 Å². The molecule has 0 atom stereocenters. The topological polar surface area (TPSA) is 120 Å². The molecule has 142 valence electrons. The zero-order chi connectivity index (χ0) is 19.7. The summed E-state index contributed by atoms with van der Waals surface area (Å²) in [4.78, 5) is 33.5. The van der Waals surface area contributed by atoms with E-state index in [1.807, 2.05) is 0 Å². The Kier molecular flexibility index (Phi) is 7.57. The number of ether oxygens (including phenoxy) is 2. The van der Waals surface area contributed by atoms with Gasteiger partial charge in [-0.1, -0.05) is 12.2 Å². The fourth-order valence-electron chi connectivity index (χ4n) is 1.87. The van der Waals surface area contributed by atoms with Gasteiger partial charge in [-0.25, -0.2) is 9.59 Å². The smallest absolute Gasteiger partial charge is 0.407 e. The minimum Gasteiger partial charge on any atom is -0.465 e. The first-order chi connectivity index (χ1) is 12.1. The average Bonchev–Trinajstić information content (AvgIpc) is 2.55. The molecule has 0 unspecified atom stereocenters. The van der Waals surface area contributed by atoms with Crippen molar-refractivity contribution in [3.8, 4) is 0 Å². The summed E-state index contributed by atoms with van der Waals surface area (Å²) in [6.45, 7) is 5.87. The summed E-state index contributed by atoms with van der Waals surface area (Å²) in [7, 11) is 1.20. The lowest BCUT2D eigenvalue weighted by atomic mass is 10.1. The third-order valence-electron chi connectivity index (χ3n) is 2.96. The van der Waals surface area contributed by atoms with E-state index in [2.05, 4.69) is 15.4 Å². The van der Waals surface area contributed by atoms with E-state index in [-0.39, 0.29) is 23.5 Å². The summed E-state index contributed by atoms with van der Waals surface area (Å²) in [5.41, 5.74) is -0.424. The predicted molar refractivity (Wildman–Crippen MR) is 96.3 cm³/mol. The van der Waals surface area contributed by atoms with Gasteiger partial charge in [-0.3, -0.25) is 10.1 Å². The summed E-state index contributed by atoms with van der Waals surface area (Å²) in [5, 5.41) is 16.6. The van der Waals surface area contributed by atoms with Gasteiger partial charge < -0.3 is 20.1 Å². The van der Waals surface area contributed by atoms with Crippen LogP contribution in [-0.2, 0) is 9.47 Å². The fourth-order valence-corrected chi connectivity index (χ4v) is 1.87. The van der Waals surface area contributed by atoms with Gasteiger partial charge >= 0.3 is 12.1 Å². The molecular weight excluding hydrogens is 342 g/mol. The summed E-state index contributed by atoms with van der Waals surface area (Å²) < 4.78 is 9.63. The molecule has 0 radical (unpaired) electrons. The van der Waals surface area contributed by atoms with Crippen molar-refractivity contribution in [3.05, 3.63) is 46.0 Å². The van der Waals surface area contributed by atoms with E-state index < -0.39 is 22.6 Å². The molecule has 9 heteroatoms. The third kappa shape index (κ3) is 7.20. The van der Waals surface area contributed by atoms with Crippen molar-refractivity contribution >= 4 is 23.4 Å². The Morgan fingerprint density at radius 3 is 2.46 bits per heavy atom. The Labute approximate surface area is 151 Å². The van der Waals surface area contributed by atoms with Crippen LogP contribution in [0.2, 0.25) is 0 Å². The number of alkyl carbamates (subject to hydrolysis) is 1. The van der Waals surface area contributed by atoms with Crippen LogP contribution in [0.5, 0.6) is 0 Å². The van der Waals surface area contributed by atoms with Crippen LogP contribution in [0.25, 0.3) is 0 Å². The molecule has 0 bridgehead atoms. The number of amides is 1. The number of nitro groups is 1. The molecule has 1 aromatic carbocycles. The first-order valence-corrected chi connectivity index (χ1v) is 7.86. The molecule has 0 aliphatic heterocycles. The van der Waals surface area contributed by atoms with Crippen LogP contribution < -0.4 is 10.6 Å². The molecule has 0 fully saturated rings. The van der Waals surface area contributed by atoms with Gasteiger partial charge in [-0.05, 0) is 32.9 Å². The quantitative estimate of drug-likeness (QED) is 0.330. The van der Waals surface area contributed by atoms with Crippen molar-refractivity contribution in [3.63, 3.8) is 0 Å². The number of nitro benzene ring substituents is 1. The second kappa shape index (κ2) is 9.40. The number of rotatable bonds is 7. The van der Waals surface area contributed by atoms with Crippen LogP contribution in [0.1, 0.15) is 31.1 Å². The van der Waals surface area contributed by atoms with Crippen LogP contribution in [0, 0.1) is 10.1 Å². The maximum atomic E-state index is 11.5. The maximum Gasteiger partial charge on any atom is 0.407 e. The normalized spacial score (nSPS) is 11.1. The highest BCUT2D eigenvalue weighted by molar-refractivity contribution is 5.91. The second-order valence-corrected chi connectivity index (χ2v) is 6.22. The number of carbonyl (C=O) groups excluding carboxylic acids is 2. The second-order valence-electron chi connectivity index (χ2n) is 6.22. The number of nitrogens with one attached hydrogen (secondary N) is 2. The van der Waals surface area contributed by atoms with E-state index in [9.17, 15) is 19.7 Å². The van der Waals surface area contributed by atoms with Crippen LogP contribution in [0.4, 0.5) is 16.2 Å². The van der Waals surface area contributed by atoms with Crippen molar-refractivity contribution in [1.29, 1.82) is 0 Å². The van der Waals surface area contributed by atoms with Crippen molar-refractivity contribution in [2.24, 2.45) is 0 Å². The van der Waals surface area contributed by atoms with Crippen LogP contribution >= 0.6 is 0 Å². The molecule has 0 heterocycles. The number of benzene rings is 1. The first kappa shape index (κ1) is 20.9. The Morgan fingerprint density at radius 1 is 1.23 bits per heavy atom.